The molecule has 0 aliphatic heterocycles. The average Bonchev–Trinajstić information content (AvgIpc) is 3.11. The minimum Gasteiger partial charge on any atom is -0.322 e. The zero-order valence-electron chi connectivity index (χ0n) is 15.2. The number of nitrogens with zero attached hydrogens (tertiary/aromatic N) is 2. The van der Waals surface area contributed by atoms with Crippen molar-refractivity contribution in [1.82, 2.24) is 4.98 Å². The zero-order chi connectivity index (χ0) is 20.5. The monoisotopic (exact) mass is 423 g/mol. The van der Waals surface area contributed by atoms with Crippen molar-refractivity contribution in [2.45, 2.75) is 6.92 Å². The van der Waals surface area contributed by atoms with Crippen LogP contribution in [0, 0.1) is 17.0 Å². The van der Waals surface area contributed by atoms with E-state index in [1.165, 1.54) is 23.8 Å². The highest BCUT2D eigenvalue weighted by atomic mass is 35.5. The predicted octanol–water partition coefficient (Wildman–Crippen LogP) is 6.09. The fourth-order valence-corrected chi connectivity index (χ4v) is 4.17. The molecule has 1 heterocycles. The van der Waals surface area contributed by atoms with E-state index in [0.29, 0.717) is 5.69 Å². The Labute approximate surface area is 174 Å². The first-order valence-electron chi connectivity index (χ1n) is 8.63. The number of carbonyl (C=O) groups excluding carboxylic acids is 1. The van der Waals surface area contributed by atoms with Crippen molar-refractivity contribution in [3.05, 3.63) is 86.9 Å². The number of hydrogen-bond acceptors (Lipinski definition) is 5. The van der Waals surface area contributed by atoms with Gasteiger partial charge < -0.3 is 5.32 Å². The van der Waals surface area contributed by atoms with Crippen LogP contribution in [0.4, 0.5) is 11.4 Å². The van der Waals surface area contributed by atoms with Crippen LogP contribution >= 0.6 is 22.9 Å². The Balaban J connectivity index is 1.52. The van der Waals surface area contributed by atoms with Gasteiger partial charge in [0.15, 0.2) is 0 Å². The van der Waals surface area contributed by atoms with Gasteiger partial charge in [0.1, 0.15) is 10.0 Å². The molecule has 0 fully saturated rings. The molecule has 1 aromatic heterocycles. The molecule has 1 amide bonds. The van der Waals surface area contributed by atoms with Crippen molar-refractivity contribution in [1.29, 1.82) is 0 Å². The Hall–Kier alpha value is -3.29. The molecule has 4 rings (SSSR count). The lowest BCUT2D eigenvalue weighted by Crippen LogP contribution is -2.11. The lowest BCUT2D eigenvalue weighted by atomic mass is 10.1. The minimum atomic E-state index is -0.591. The molecule has 144 valence electrons. The van der Waals surface area contributed by atoms with E-state index in [9.17, 15) is 14.9 Å². The number of carbonyl (C=O) groups is 1. The predicted molar refractivity (Wildman–Crippen MR) is 116 cm³/mol. The Morgan fingerprint density at radius 3 is 2.55 bits per heavy atom. The molecule has 8 heteroatoms. The second-order valence-corrected chi connectivity index (χ2v) is 7.88. The number of aromatic nitrogens is 1. The SMILES string of the molecule is Cc1ccc2nc(-c3ccc(NC(=O)c4ccc([N+](=O)[O-])c(Cl)c4)cc3)sc2c1. The third kappa shape index (κ3) is 3.96. The molecule has 0 aliphatic rings. The lowest BCUT2D eigenvalue weighted by molar-refractivity contribution is -0.384. The smallest absolute Gasteiger partial charge is 0.287 e. The van der Waals surface area contributed by atoms with Gasteiger partial charge in [-0.05, 0) is 61.0 Å². The van der Waals surface area contributed by atoms with E-state index in [4.69, 9.17) is 11.6 Å². The molecule has 0 atom stereocenters. The summed E-state index contributed by atoms with van der Waals surface area (Å²) in [7, 11) is 0. The van der Waals surface area contributed by atoms with E-state index in [0.717, 1.165) is 20.8 Å². The fourth-order valence-electron chi connectivity index (χ4n) is 2.85. The number of nitrogens with one attached hydrogen (secondary N) is 1. The van der Waals surface area contributed by atoms with E-state index < -0.39 is 10.8 Å². The summed E-state index contributed by atoms with van der Waals surface area (Å²) >= 11 is 7.49. The number of anilines is 1. The highest BCUT2D eigenvalue weighted by Crippen LogP contribution is 2.31. The third-order valence-corrected chi connectivity index (χ3v) is 5.71. The first-order valence-corrected chi connectivity index (χ1v) is 9.83. The summed E-state index contributed by atoms with van der Waals surface area (Å²) in [6.45, 7) is 2.05. The summed E-state index contributed by atoms with van der Waals surface area (Å²) in [6, 6.07) is 17.4. The third-order valence-electron chi connectivity index (χ3n) is 4.34. The van der Waals surface area contributed by atoms with Crippen LogP contribution in [-0.4, -0.2) is 15.8 Å². The Bertz CT molecular complexity index is 1250. The number of benzene rings is 3. The molecule has 0 unspecified atom stereocenters. The number of aryl methyl sites for hydroxylation is 1. The molecule has 0 radical (unpaired) electrons. The highest BCUT2D eigenvalue weighted by molar-refractivity contribution is 7.21. The number of amides is 1. The van der Waals surface area contributed by atoms with Crippen LogP contribution in [-0.2, 0) is 0 Å². The molecular formula is C21H14ClN3O3S. The molecule has 6 nitrogen and oxygen atoms in total. The minimum absolute atomic E-state index is 0.0796. The van der Waals surface area contributed by atoms with E-state index in [1.807, 2.05) is 24.3 Å². The second kappa shape index (κ2) is 7.62. The van der Waals surface area contributed by atoms with Crippen molar-refractivity contribution in [3.63, 3.8) is 0 Å². The van der Waals surface area contributed by atoms with Crippen LogP contribution in [0.15, 0.2) is 60.7 Å². The number of nitro benzene ring substituents is 1. The van der Waals surface area contributed by atoms with E-state index in [-0.39, 0.29) is 16.3 Å². The quantitative estimate of drug-likeness (QED) is 0.318. The summed E-state index contributed by atoms with van der Waals surface area (Å²) in [6.07, 6.45) is 0. The van der Waals surface area contributed by atoms with Crippen molar-refractivity contribution >= 4 is 50.4 Å². The molecule has 3 aromatic carbocycles. The zero-order valence-corrected chi connectivity index (χ0v) is 16.8. The van der Waals surface area contributed by atoms with Gasteiger partial charge in [-0.2, -0.15) is 0 Å². The topological polar surface area (TPSA) is 85.1 Å². The van der Waals surface area contributed by atoms with Crippen LogP contribution in [0.5, 0.6) is 0 Å². The number of nitro groups is 1. The van der Waals surface area contributed by atoms with Crippen molar-refractivity contribution < 1.29 is 9.72 Å². The second-order valence-electron chi connectivity index (χ2n) is 6.44. The molecular weight excluding hydrogens is 410 g/mol. The Morgan fingerprint density at radius 2 is 1.86 bits per heavy atom. The van der Waals surface area contributed by atoms with Crippen LogP contribution < -0.4 is 5.32 Å². The van der Waals surface area contributed by atoms with Crippen LogP contribution in [0.2, 0.25) is 5.02 Å². The average molecular weight is 424 g/mol. The Kier molecular flexibility index (Phi) is 5.00. The van der Waals surface area contributed by atoms with Gasteiger partial charge in [0.25, 0.3) is 11.6 Å². The summed E-state index contributed by atoms with van der Waals surface area (Å²) in [4.78, 5) is 27.3. The first-order chi connectivity index (χ1) is 13.9. The first kappa shape index (κ1) is 19.0. The fraction of sp³-hybridized carbons (Fsp3) is 0.0476. The molecule has 0 bridgehead atoms. The number of hydrogen-bond donors (Lipinski definition) is 1. The van der Waals surface area contributed by atoms with Crippen molar-refractivity contribution in [3.8, 4) is 10.6 Å². The van der Waals surface area contributed by atoms with Gasteiger partial charge in [0.05, 0.1) is 15.1 Å². The number of fused-ring (bicyclic) bond motifs is 1. The Morgan fingerprint density at radius 1 is 1.10 bits per heavy atom. The summed E-state index contributed by atoms with van der Waals surface area (Å²) in [5, 5.41) is 14.4. The van der Waals surface area contributed by atoms with Gasteiger partial charge in [-0.1, -0.05) is 17.7 Å². The van der Waals surface area contributed by atoms with Gasteiger partial charge in [-0.3, -0.25) is 14.9 Å². The summed E-state index contributed by atoms with van der Waals surface area (Å²) in [5.41, 5.74) is 3.72. The molecule has 4 aromatic rings. The van der Waals surface area contributed by atoms with Gasteiger partial charge >= 0.3 is 0 Å². The summed E-state index contributed by atoms with van der Waals surface area (Å²) in [5.74, 6) is -0.398. The highest BCUT2D eigenvalue weighted by Gasteiger charge is 2.15. The molecule has 0 spiro atoms. The number of thiazole rings is 1. The van der Waals surface area contributed by atoms with Gasteiger partial charge in [0, 0.05) is 22.9 Å². The standard InChI is InChI=1S/C21H14ClN3O3S/c1-12-2-8-17-19(10-12)29-21(24-17)13-3-6-15(7-4-13)23-20(26)14-5-9-18(25(27)28)16(22)11-14/h2-11H,1H3,(H,23,26). The number of halogens is 1. The molecule has 0 saturated heterocycles. The maximum Gasteiger partial charge on any atom is 0.287 e. The van der Waals surface area contributed by atoms with Crippen LogP contribution in [0.1, 0.15) is 15.9 Å². The number of rotatable bonds is 4. The largest absolute Gasteiger partial charge is 0.322 e. The van der Waals surface area contributed by atoms with Crippen LogP contribution in [0.3, 0.4) is 0 Å². The van der Waals surface area contributed by atoms with Gasteiger partial charge in [-0.25, -0.2) is 4.98 Å². The van der Waals surface area contributed by atoms with Gasteiger partial charge in [0.2, 0.25) is 0 Å². The van der Waals surface area contributed by atoms with E-state index in [2.05, 4.69) is 23.3 Å². The van der Waals surface area contributed by atoms with Crippen molar-refractivity contribution in [2.24, 2.45) is 0 Å². The maximum atomic E-state index is 12.4. The van der Waals surface area contributed by atoms with Crippen molar-refractivity contribution in [2.75, 3.05) is 5.32 Å². The normalized spacial score (nSPS) is 10.8. The molecule has 29 heavy (non-hydrogen) atoms. The summed E-state index contributed by atoms with van der Waals surface area (Å²) < 4.78 is 1.13. The molecule has 1 N–H and O–H groups in total. The van der Waals surface area contributed by atoms with Crippen LogP contribution in [0.25, 0.3) is 20.8 Å². The molecule has 0 saturated carbocycles. The lowest BCUT2D eigenvalue weighted by Gasteiger charge is -2.06. The van der Waals surface area contributed by atoms with E-state index >= 15 is 0 Å². The molecule has 0 aliphatic carbocycles. The maximum absolute atomic E-state index is 12.4. The van der Waals surface area contributed by atoms with Gasteiger partial charge in [-0.15, -0.1) is 11.3 Å². The van der Waals surface area contributed by atoms with E-state index in [1.54, 1.807) is 23.5 Å².